The topological polar surface area (TPSA) is 60.9 Å². The molecule has 1 heterocycles. The third kappa shape index (κ3) is 2.95. The fourth-order valence-corrected chi connectivity index (χ4v) is 2.13. The molecule has 5 heteroatoms. The monoisotopic (exact) mass is 226 g/mol. The molecule has 0 radical (unpaired) electrons. The lowest BCUT2D eigenvalue weighted by Gasteiger charge is -2.20. The highest BCUT2D eigenvalue weighted by Crippen LogP contribution is 2.31. The summed E-state index contributed by atoms with van der Waals surface area (Å²) >= 11 is 0. The average molecular weight is 226 g/mol. The average Bonchev–Trinajstić information content (AvgIpc) is 3.03. The van der Waals surface area contributed by atoms with E-state index in [0.29, 0.717) is 13.1 Å². The van der Waals surface area contributed by atoms with E-state index < -0.39 is 5.97 Å². The first-order valence-corrected chi connectivity index (χ1v) is 5.90. The Morgan fingerprint density at radius 3 is 2.50 bits per heavy atom. The van der Waals surface area contributed by atoms with E-state index in [9.17, 15) is 9.59 Å². The fourth-order valence-electron chi connectivity index (χ4n) is 2.13. The van der Waals surface area contributed by atoms with Crippen LogP contribution >= 0.6 is 0 Å². The molecular weight excluding hydrogens is 208 g/mol. The van der Waals surface area contributed by atoms with Crippen molar-refractivity contribution in [2.24, 2.45) is 5.92 Å². The van der Waals surface area contributed by atoms with Gasteiger partial charge in [0.1, 0.15) is 0 Å². The summed E-state index contributed by atoms with van der Waals surface area (Å²) < 4.78 is 0. The van der Waals surface area contributed by atoms with E-state index in [4.69, 9.17) is 5.11 Å². The van der Waals surface area contributed by atoms with Crippen molar-refractivity contribution in [3.63, 3.8) is 0 Å². The minimum atomic E-state index is -0.790. The number of hydrogen-bond acceptors (Lipinski definition) is 3. The number of carboxylic acid groups (broad SMARTS) is 1. The summed E-state index contributed by atoms with van der Waals surface area (Å²) in [5, 5.41) is 8.71. The Kier molecular flexibility index (Phi) is 3.43. The lowest BCUT2D eigenvalue weighted by atomic mass is 10.3. The largest absolute Gasteiger partial charge is 0.480 e. The SMILES string of the molecule is O=C(O)CN1CCCN(C(=O)C2CC2)CC1. The van der Waals surface area contributed by atoms with Gasteiger partial charge in [-0.15, -0.1) is 0 Å². The van der Waals surface area contributed by atoms with Crippen molar-refractivity contribution in [2.45, 2.75) is 19.3 Å². The van der Waals surface area contributed by atoms with Crippen LogP contribution in [0.2, 0.25) is 0 Å². The lowest BCUT2D eigenvalue weighted by molar-refractivity contribution is -0.138. The quantitative estimate of drug-likeness (QED) is 0.736. The normalized spacial score (nSPS) is 22.9. The maximum Gasteiger partial charge on any atom is 0.317 e. The molecule has 5 nitrogen and oxygen atoms in total. The van der Waals surface area contributed by atoms with E-state index in [2.05, 4.69) is 0 Å². The maximum atomic E-state index is 11.8. The summed E-state index contributed by atoms with van der Waals surface area (Å²) in [6.45, 7) is 3.02. The van der Waals surface area contributed by atoms with E-state index in [1.807, 2.05) is 9.80 Å². The molecular formula is C11H18N2O3. The van der Waals surface area contributed by atoms with Crippen LogP contribution in [0.1, 0.15) is 19.3 Å². The van der Waals surface area contributed by atoms with Gasteiger partial charge in [-0.2, -0.15) is 0 Å². The first-order valence-electron chi connectivity index (χ1n) is 5.90. The van der Waals surface area contributed by atoms with Crippen LogP contribution < -0.4 is 0 Å². The number of carboxylic acids is 1. The molecule has 0 aromatic carbocycles. The first-order chi connectivity index (χ1) is 7.66. The molecule has 0 spiro atoms. The Hall–Kier alpha value is -1.10. The van der Waals surface area contributed by atoms with Gasteiger partial charge < -0.3 is 10.0 Å². The van der Waals surface area contributed by atoms with Crippen LogP contribution in [0.5, 0.6) is 0 Å². The smallest absolute Gasteiger partial charge is 0.317 e. The van der Waals surface area contributed by atoms with Gasteiger partial charge in [0.2, 0.25) is 5.91 Å². The van der Waals surface area contributed by atoms with E-state index in [1.54, 1.807) is 0 Å². The third-order valence-corrected chi connectivity index (χ3v) is 3.19. The van der Waals surface area contributed by atoms with Crippen molar-refractivity contribution in [3.8, 4) is 0 Å². The van der Waals surface area contributed by atoms with Crippen LogP contribution in [0.4, 0.5) is 0 Å². The zero-order valence-corrected chi connectivity index (χ0v) is 9.39. The third-order valence-electron chi connectivity index (χ3n) is 3.19. The molecule has 0 atom stereocenters. The molecule has 1 aliphatic carbocycles. The molecule has 90 valence electrons. The van der Waals surface area contributed by atoms with Gasteiger partial charge >= 0.3 is 5.97 Å². The van der Waals surface area contributed by atoms with Gasteiger partial charge in [-0.25, -0.2) is 0 Å². The van der Waals surface area contributed by atoms with Crippen molar-refractivity contribution < 1.29 is 14.7 Å². The minimum Gasteiger partial charge on any atom is -0.480 e. The highest BCUT2D eigenvalue weighted by molar-refractivity contribution is 5.81. The standard InChI is InChI=1S/C11H18N2O3/c14-10(15)8-12-4-1-5-13(7-6-12)11(16)9-2-3-9/h9H,1-8H2,(H,14,15). The van der Waals surface area contributed by atoms with Crippen molar-refractivity contribution >= 4 is 11.9 Å². The molecule has 1 saturated carbocycles. The number of nitrogens with zero attached hydrogens (tertiary/aromatic N) is 2. The Morgan fingerprint density at radius 1 is 1.12 bits per heavy atom. The Bertz CT molecular complexity index is 289. The molecule has 2 aliphatic rings. The van der Waals surface area contributed by atoms with Gasteiger partial charge in [0.05, 0.1) is 6.54 Å². The summed E-state index contributed by atoms with van der Waals surface area (Å²) in [5.41, 5.74) is 0. The predicted octanol–water partition coefficient (Wildman–Crippen LogP) is 0.0153. The summed E-state index contributed by atoms with van der Waals surface area (Å²) in [6.07, 6.45) is 2.95. The Balaban J connectivity index is 1.82. The predicted molar refractivity (Wildman–Crippen MR) is 58.0 cm³/mol. The van der Waals surface area contributed by atoms with Crippen LogP contribution in [-0.2, 0) is 9.59 Å². The summed E-state index contributed by atoms with van der Waals surface area (Å²) in [7, 11) is 0. The van der Waals surface area contributed by atoms with E-state index >= 15 is 0 Å². The number of hydrogen-bond donors (Lipinski definition) is 1. The first kappa shape index (κ1) is 11.4. The van der Waals surface area contributed by atoms with Gasteiger partial charge in [-0.05, 0) is 19.3 Å². The summed E-state index contributed by atoms with van der Waals surface area (Å²) in [5.74, 6) is -0.245. The number of aliphatic carboxylic acids is 1. The molecule has 0 unspecified atom stereocenters. The number of carbonyl (C=O) groups excluding carboxylic acids is 1. The second kappa shape index (κ2) is 4.82. The van der Waals surface area contributed by atoms with Gasteiger partial charge in [0, 0.05) is 32.1 Å². The lowest BCUT2D eigenvalue weighted by Crippen LogP contribution is -2.37. The minimum absolute atomic E-state index is 0.0887. The summed E-state index contributed by atoms with van der Waals surface area (Å²) in [6, 6.07) is 0. The van der Waals surface area contributed by atoms with Crippen LogP contribution in [0.3, 0.4) is 0 Å². The van der Waals surface area contributed by atoms with Crippen LogP contribution in [0.15, 0.2) is 0 Å². The van der Waals surface area contributed by atoms with Crippen LogP contribution in [0, 0.1) is 5.92 Å². The molecule has 0 aromatic heterocycles. The fraction of sp³-hybridized carbons (Fsp3) is 0.818. The van der Waals surface area contributed by atoms with E-state index in [1.165, 1.54) is 0 Å². The molecule has 16 heavy (non-hydrogen) atoms. The van der Waals surface area contributed by atoms with Gasteiger partial charge in [-0.1, -0.05) is 0 Å². The second-order valence-electron chi connectivity index (χ2n) is 4.62. The highest BCUT2D eigenvalue weighted by Gasteiger charge is 2.33. The maximum absolute atomic E-state index is 11.8. The van der Waals surface area contributed by atoms with Crippen molar-refractivity contribution in [1.29, 1.82) is 0 Å². The second-order valence-corrected chi connectivity index (χ2v) is 4.62. The molecule has 0 aromatic rings. The molecule has 1 N–H and O–H groups in total. The van der Waals surface area contributed by atoms with Crippen LogP contribution in [-0.4, -0.2) is 59.5 Å². The van der Waals surface area contributed by atoms with Crippen molar-refractivity contribution in [1.82, 2.24) is 9.80 Å². The van der Waals surface area contributed by atoms with Gasteiger partial charge in [0.25, 0.3) is 0 Å². The molecule has 1 saturated heterocycles. The Labute approximate surface area is 95.0 Å². The number of carbonyl (C=O) groups is 2. The van der Waals surface area contributed by atoms with Crippen LogP contribution in [0.25, 0.3) is 0 Å². The summed E-state index contributed by atoms with van der Waals surface area (Å²) in [4.78, 5) is 26.2. The van der Waals surface area contributed by atoms with Crippen molar-refractivity contribution in [3.05, 3.63) is 0 Å². The molecule has 0 bridgehead atoms. The molecule has 2 fully saturated rings. The Morgan fingerprint density at radius 2 is 1.88 bits per heavy atom. The van der Waals surface area contributed by atoms with Gasteiger partial charge in [-0.3, -0.25) is 14.5 Å². The van der Waals surface area contributed by atoms with E-state index in [0.717, 1.165) is 32.4 Å². The van der Waals surface area contributed by atoms with Crippen molar-refractivity contribution in [2.75, 3.05) is 32.7 Å². The van der Waals surface area contributed by atoms with Gasteiger partial charge in [0.15, 0.2) is 0 Å². The molecule has 1 amide bonds. The zero-order valence-electron chi connectivity index (χ0n) is 9.39. The molecule has 2 rings (SSSR count). The van der Waals surface area contributed by atoms with E-state index in [-0.39, 0.29) is 18.4 Å². The number of amides is 1. The molecule has 1 aliphatic heterocycles. The zero-order chi connectivity index (χ0) is 11.5. The highest BCUT2D eigenvalue weighted by atomic mass is 16.4. The number of rotatable bonds is 3.